The van der Waals surface area contributed by atoms with Gasteiger partial charge in [-0.3, -0.25) is 4.79 Å². The van der Waals surface area contributed by atoms with Crippen LogP contribution in [-0.4, -0.2) is 28.9 Å². The Labute approximate surface area is 129 Å². The number of amides is 1. The van der Waals surface area contributed by atoms with Crippen LogP contribution in [0.4, 0.5) is 0 Å². The molecule has 3 rings (SSSR count). The van der Waals surface area contributed by atoms with Gasteiger partial charge in [-0.2, -0.15) is 0 Å². The van der Waals surface area contributed by atoms with Crippen molar-refractivity contribution in [2.75, 3.05) is 13.1 Å². The third kappa shape index (κ3) is 2.88. The Kier molecular flexibility index (Phi) is 4.11. The maximum atomic E-state index is 12.8. The van der Waals surface area contributed by atoms with E-state index in [9.17, 15) is 4.79 Å². The first-order valence-electron chi connectivity index (χ1n) is 7.49. The number of rotatable bonds is 1. The normalized spacial score (nSPS) is 19.5. The molecule has 0 bridgehead atoms. The molecule has 110 valence electrons. The molecule has 1 saturated heterocycles. The SMILES string of the molecule is CC1CCCN(C(=O)c2cnc(Cl)c3ccccc23)CC1. The van der Waals surface area contributed by atoms with E-state index < -0.39 is 0 Å². The van der Waals surface area contributed by atoms with Crippen molar-refractivity contribution in [2.45, 2.75) is 26.2 Å². The van der Waals surface area contributed by atoms with Gasteiger partial charge in [-0.25, -0.2) is 4.98 Å². The minimum Gasteiger partial charge on any atom is -0.339 e. The van der Waals surface area contributed by atoms with Crippen molar-refractivity contribution in [1.29, 1.82) is 0 Å². The van der Waals surface area contributed by atoms with Crippen molar-refractivity contribution < 1.29 is 4.79 Å². The third-order valence-electron chi connectivity index (χ3n) is 4.28. The number of benzene rings is 1. The number of nitrogens with zero attached hydrogens (tertiary/aromatic N) is 2. The van der Waals surface area contributed by atoms with Gasteiger partial charge in [0.1, 0.15) is 5.15 Å². The van der Waals surface area contributed by atoms with E-state index in [-0.39, 0.29) is 5.91 Å². The first-order valence-corrected chi connectivity index (χ1v) is 7.87. The molecule has 0 spiro atoms. The van der Waals surface area contributed by atoms with E-state index in [0.717, 1.165) is 36.7 Å². The molecule has 0 N–H and O–H groups in total. The van der Waals surface area contributed by atoms with E-state index in [4.69, 9.17) is 11.6 Å². The summed E-state index contributed by atoms with van der Waals surface area (Å²) in [6.45, 7) is 3.92. The van der Waals surface area contributed by atoms with E-state index in [1.165, 1.54) is 6.42 Å². The molecule has 1 atom stereocenters. The third-order valence-corrected chi connectivity index (χ3v) is 4.58. The number of carbonyl (C=O) groups is 1. The molecule has 21 heavy (non-hydrogen) atoms. The smallest absolute Gasteiger partial charge is 0.256 e. The number of carbonyl (C=O) groups excluding carboxylic acids is 1. The molecule has 1 aromatic heterocycles. The Bertz CT molecular complexity index is 671. The zero-order valence-electron chi connectivity index (χ0n) is 12.2. The summed E-state index contributed by atoms with van der Waals surface area (Å²) in [7, 11) is 0. The van der Waals surface area contributed by atoms with Gasteiger partial charge in [-0.05, 0) is 30.6 Å². The second-order valence-electron chi connectivity index (χ2n) is 5.84. The molecule has 1 amide bonds. The predicted molar refractivity (Wildman–Crippen MR) is 85.7 cm³/mol. The van der Waals surface area contributed by atoms with Crippen LogP contribution < -0.4 is 0 Å². The summed E-state index contributed by atoms with van der Waals surface area (Å²) in [4.78, 5) is 19.0. The summed E-state index contributed by atoms with van der Waals surface area (Å²) in [5.74, 6) is 0.771. The summed E-state index contributed by atoms with van der Waals surface area (Å²) in [6.07, 6.45) is 4.96. The zero-order valence-corrected chi connectivity index (χ0v) is 12.9. The highest BCUT2D eigenvalue weighted by molar-refractivity contribution is 6.34. The molecular weight excluding hydrogens is 284 g/mol. The molecule has 1 aromatic carbocycles. The minimum absolute atomic E-state index is 0.0736. The van der Waals surface area contributed by atoms with Gasteiger partial charge in [-0.15, -0.1) is 0 Å². The summed E-state index contributed by atoms with van der Waals surface area (Å²) in [6, 6.07) is 7.69. The van der Waals surface area contributed by atoms with Crippen molar-refractivity contribution in [3.05, 3.63) is 41.2 Å². The van der Waals surface area contributed by atoms with Crippen LogP contribution in [0.15, 0.2) is 30.5 Å². The highest BCUT2D eigenvalue weighted by Crippen LogP contribution is 2.26. The van der Waals surface area contributed by atoms with Gasteiger partial charge in [0.15, 0.2) is 0 Å². The second-order valence-corrected chi connectivity index (χ2v) is 6.19. The summed E-state index contributed by atoms with van der Waals surface area (Å²) in [5.41, 5.74) is 0.657. The Morgan fingerprint density at radius 1 is 1.24 bits per heavy atom. The fraction of sp³-hybridized carbons (Fsp3) is 0.412. The molecule has 2 aromatic rings. The number of hydrogen-bond acceptors (Lipinski definition) is 2. The van der Waals surface area contributed by atoms with Crippen LogP contribution in [0.1, 0.15) is 36.5 Å². The van der Waals surface area contributed by atoms with Crippen molar-refractivity contribution in [2.24, 2.45) is 5.92 Å². The molecule has 1 aliphatic rings. The van der Waals surface area contributed by atoms with Crippen molar-refractivity contribution >= 4 is 28.3 Å². The van der Waals surface area contributed by atoms with E-state index in [0.29, 0.717) is 16.6 Å². The molecular formula is C17H19ClN2O. The topological polar surface area (TPSA) is 33.2 Å². The molecule has 1 unspecified atom stereocenters. The lowest BCUT2D eigenvalue weighted by atomic mass is 10.0. The summed E-state index contributed by atoms with van der Waals surface area (Å²) < 4.78 is 0. The average Bonchev–Trinajstić information content (AvgIpc) is 2.72. The maximum Gasteiger partial charge on any atom is 0.256 e. The van der Waals surface area contributed by atoms with Crippen LogP contribution in [0.3, 0.4) is 0 Å². The van der Waals surface area contributed by atoms with E-state index in [2.05, 4.69) is 11.9 Å². The van der Waals surface area contributed by atoms with E-state index in [1.807, 2.05) is 29.2 Å². The lowest BCUT2D eigenvalue weighted by Gasteiger charge is -2.21. The first-order chi connectivity index (χ1) is 10.2. The van der Waals surface area contributed by atoms with Crippen LogP contribution in [0, 0.1) is 5.92 Å². The molecule has 1 aliphatic heterocycles. The lowest BCUT2D eigenvalue weighted by molar-refractivity contribution is 0.0762. The van der Waals surface area contributed by atoms with Crippen LogP contribution in [-0.2, 0) is 0 Å². The molecule has 1 fully saturated rings. The van der Waals surface area contributed by atoms with Crippen LogP contribution in [0.25, 0.3) is 10.8 Å². The highest BCUT2D eigenvalue weighted by atomic mass is 35.5. The molecule has 0 radical (unpaired) electrons. The van der Waals surface area contributed by atoms with Crippen LogP contribution >= 0.6 is 11.6 Å². The van der Waals surface area contributed by atoms with Gasteiger partial charge in [0.05, 0.1) is 5.56 Å². The maximum absolute atomic E-state index is 12.8. The summed E-state index contributed by atoms with van der Waals surface area (Å²) in [5, 5.41) is 2.18. The number of halogens is 1. The monoisotopic (exact) mass is 302 g/mol. The lowest BCUT2D eigenvalue weighted by Crippen LogP contribution is -2.32. The standard InChI is InChI=1S/C17H19ClN2O/c1-12-5-4-9-20(10-8-12)17(21)15-11-19-16(18)14-7-3-2-6-13(14)15/h2-3,6-7,11-12H,4-5,8-10H2,1H3. The molecule has 0 saturated carbocycles. The van der Waals surface area contributed by atoms with Crippen molar-refractivity contribution in [3.8, 4) is 0 Å². The Morgan fingerprint density at radius 2 is 2.00 bits per heavy atom. The zero-order chi connectivity index (χ0) is 14.8. The van der Waals surface area contributed by atoms with Gasteiger partial charge in [-0.1, -0.05) is 42.8 Å². The quantitative estimate of drug-likeness (QED) is 0.741. The predicted octanol–water partition coefficient (Wildman–Crippen LogP) is 4.15. The average molecular weight is 303 g/mol. The number of pyridine rings is 1. The number of fused-ring (bicyclic) bond motifs is 1. The van der Waals surface area contributed by atoms with Gasteiger partial charge in [0.25, 0.3) is 5.91 Å². The highest BCUT2D eigenvalue weighted by Gasteiger charge is 2.22. The number of likely N-dealkylation sites (tertiary alicyclic amines) is 1. The van der Waals surface area contributed by atoms with Crippen molar-refractivity contribution in [3.63, 3.8) is 0 Å². The minimum atomic E-state index is 0.0736. The second kappa shape index (κ2) is 6.02. The first kappa shape index (κ1) is 14.3. The van der Waals surface area contributed by atoms with E-state index >= 15 is 0 Å². The molecule has 0 aliphatic carbocycles. The number of aromatic nitrogens is 1. The Morgan fingerprint density at radius 3 is 2.81 bits per heavy atom. The number of hydrogen-bond donors (Lipinski definition) is 0. The van der Waals surface area contributed by atoms with Gasteiger partial charge in [0, 0.05) is 24.7 Å². The molecule has 4 heteroatoms. The van der Waals surface area contributed by atoms with Crippen molar-refractivity contribution in [1.82, 2.24) is 9.88 Å². The molecule has 3 nitrogen and oxygen atoms in total. The van der Waals surface area contributed by atoms with Crippen LogP contribution in [0.5, 0.6) is 0 Å². The van der Waals surface area contributed by atoms with Gasteiger partial charge in [0.2, 0.25) is 0 Å². The summed E-state index contributed by atoms with van der Waals surface area (Å²) >= 11 is 6.13. The fourth-order valence-electron chi connectivity index (χ4n) is 2.97. The van der Waals surface area contributed by atoms with Gasteiger partial charge < -0.3 is 4.90 Å². The van der Waals surface area contributed by atoms with Crippen LogP contribution in [0.2, 0.25) is 5.15 Å². The fourth-order valence-corrected chi connectivity index (χ4v) is 3.18. The van der Waals surface area contributed by atoms with E-state index in [1.54, 1.807) is 6.20 Å². The van der Waals surface area contributed by atoms with Gasteiger partial charge >= 0.3 is 0 Å². The Balaban J connectivity index is 1.96. The molecule has 2 heterocycles. The Hall–Kier alpha value is -1.61. The largest absolute Gasteiger partial charge is 0.339 e.